The lowest BCUT2D eigenvalue weighted by Gasteiger charge is -2.18. The van der Waals surface area contributed by atoms with Crippen LogP contribution in [-0.4, -0.2) is 42.0 Å². The molecule has 106 valence electrons. The number of hydrogen-bond acceptors (Lipinski definition) is 2. The molecule has 0 rings (SSSR count). The third kappa shape index (κ3) is 5.69. The van der Waals surface area contributed by atoms with Gasteiger partial charge in [0.2, 0.25) is 0 Å². The summed E-state index contributed by atoms with van der Waals surface area (Å²) in [4.78, 5) is 21.7. The molecule has 0 aliphatic carbocycles. The molecule has 0 fully saturated rings. The molecule has 9 heteroatoms. The molecular formula is C9H14F4N2O3. The van der Waals surface area contributed by atoms with Crippen LogP contribution in [0.5, 0.6) is 0 Å². The number of aliphatic carboxylic acids is 1. The zero-order valence-electron chi connectivity index (χ0n) is 9.55. The topological polar surface area (TPSA) is 78.4 Å². The maximum atomic E-state index is 12.4. The monoisotopic (exact) mass is 274 g/mol. The lowest BCUT2D eigenvalue weighted by molar-refractivity contribution is -0.139. The standard InChI is InChI=1S/C9H14F4N2O3/c1-2-3-5(6(16)17)15-8(18)14-4-9(12,13)7(10)11/h5,7H,2-4H2,1H3,(H,16,17)(H2,14,15,18)/t5-/m1/s1. The summed E-state index contributed by atoms with van der Waals surface area (Å²) in [5.41, 5.74) is 0. The smallest absolute Gasteiger partial charge is 0.326 e. The Bertz CT molecular complexity index is 300. The highest BCUT2D eigenvalue weighted by atomic mass is 19.3. The predicted molar refractivity (Wildman–Crippen MR) is 53.8 cm³/mol. The molecule has 3 N–H and O–H groups in total. The summed E-state index contributed by atoms with van der Waals surface area (Å²) in [7, 11) is 0. The number of carboxylic acids is 1. The van der Waals surface area contributed by atoms with E-state index >= 15 is 0 Å². The first-order valence-corrected chi connectivity index (χ1v) is 5.13. The van der Waals surface area contributed by atoms with E-state index in [1.165, 1.54) is 5.32 Å². The van der Waals surface area contributed by atoms with Crippen LogP contribution in [0.3, 0.4) is 0 Å². The zero-order valence-corrected chi connectivity index (χ0v) is 9.55. The molecule has 0 saturated carbocycles. The van der Waals surface area contributed by atoms with E-state index in [4.69, 9.17) is 5.11 Å². The van der Waals surface area contributed by atoms with Crippen LogP contribution in [0.1, 0.15) is 19.8 Å². The van der Waals surface area contributed by atoms with Gasteiger partial charge in [0, 0.05) is 0 Å². The molecule has 0 spiro atoms. The van der Waals surface area contributed by atoms with Crippen LogP contribution in [-0.2, 0) is 4.79 Å². The first-order valence-electron chi connectivity index (χ1n) is 5.13. The van der Waals surface area contributed by atoms with Crippen molar-refractivity contribution < 1.29 is 32.3 Å². The summed E-state index contributed by atoms with van der Waals surface area (Å²) in [6, 6.07) is -2.47. The third-order valence-corrected chi connectivity index (χ3v) is 1.98. The Balaban J connectivity index is 4.22. The number of urea groups is 1. The van der Waals surface area contributed by atoms with E-state index in [1.54, 1.807) is 6.92 Å². The fraction of sp³-hybridized carbons (Fsp3) is 0.778. The zero-order chi connectivity index (χ0) is 14.3. The normalized spacial score (nSPS) is 13.2. The lowest BCUT2D eigenvalue weighted by Crippen LogP contribution is -2.50. The Labute approximate surface area is 101 Å². The second-order valence-corrected chi connectivity index (χ2v) is 3.57. The van der Waals surface area contributed by atoms with Gasteiger partial charge in [0.15, 0.2) is 0 Å². The molecule has 0 saturated heterocycles. The number of halogens is 4. The predicted octanol–water partition coefficient (Wildman–Crippen LogP) is 1.44. The SMILES string of the molecule is CCC[C@@H](NC(=O)NCC(F)(F)C(F)F)C(=O)O. The molecule has 0 aliphatic heterocycles. The Morgan fingerprint density at radius 2 is 1.89 bits per heavy atom. The molecule has 1 atom stereocenters. The van der Waals surface area contributed by atoms with Crippen molar-refractivity contribution in [2.45, 2.75) is 38.2 Å². The van der Waals surface area contributed by atoms with Gasteiger partial charge in [-0.05, 0) is 6.42 Å². The summed E-state index contributed by atoms with van der Waals surface area (Å²) < 4.78 is 48.4. The Hall–Kier alpha value is -1.54. The maximum absolute atomic E-state index is 12.4. The van der Waals surface area contributed by atoms with Gasteiger partial charge in [-0.15, -0.1) is 0 Å². The third-order valence-electron chi connectivity index (χ3n) is 1.98. The molecule has 0 aliphatic rings. The van der Waals surface area contributed by atoms with Crippen LogP contribution in [0.2, 0.25) is 0 Å². The number of hydrogen-bond donors (Lipinski definition) is 3. The van der Waals surface area contributed by atoms with Gasteiger partial charge >= 0.3 is 24.3 Å². The molecule has 0 bridgehead atoms. The fourth-order valence-corrected chi connectivity index (χ4v) is 1.03. The maximum Gasteiger partial charge on any atom is 0.326 e. The van der Waals surface area contributed by atoms with Crippen LogP contribution < -0.4 is 10.6 Å². The fourth-order valence-electron chi connectivity index (χ4n) is 1.03. The summed E-state index contributed by atoms with van der Waals surface area (Å²) in [6.45, 7) is 0.107. The minimum Gasteiger partial charge on any atom is -0.480 e. The van der Waals surface area contributed by atoms with Crippen molar-refractivity contribution in [2.24, 2.45) is 0 Å². The molecule has 0 aromatic carbocycles. The van der Waals surface area contributed by atoms with Crippen LogP contribution in [0, 0.1) is 0 Å². The number of rotatable bonds is 7. The number of amides is 2. The van der Waals surface area contributed by atoms with Crippen molar-refractivity contribution in [3.05, 3.63) is 0 Å². The van der Waals surface area contributed by atoms with E-state index in [0.29, 0.717) is 6.42 Å². The van der Waals surface area contributed by atoms with E-state index in [1.807, 2.05) is 5.32 Å². The molecule has 5 nitrogen and oxygen atoms in total. The number of carbonyl (C=O) groups is 2. The number of carboxylic acid groups (broad SMARTS) is 1. The van der Waals surface area contributed by atoms with E-state index in [-0.39, 0.29) is 6.42 Å². The van der Waals surface area contributed by atoms with Crippen molar-refractivity contribution in [3.63, 3.8) is 0 Å². The molecule has 0 unspecified atom stereocenters. The van der Waals surface area contributed by atoms with E-state index in [2.05, 4.69) is 0 Å². The van der Waals surface area contributed by atoms with E-state index < -0.39 is 36.9 Å². The van der Waals surface area contributed by atoms with Gasteiger partial charge in [-0.25, -0.2) is 18.4 Å². The van der Waals surface area contributed by atoms with Crippen molar-refractivity contribution in [3.8, 4) is 0 Å². The number of alkyl halides is 4. The highest BCUT2D eigenvalue weighted by Crippen LogP contribution is 2.21. The van der Waals surface area contributed by atoms with Crippen LogP contribution in [0.15, 0.2) is 0 Å². The Morgan fingerprint density at radius 1 is 1.33 bits per heavy atom. The highest BCUT2D eigenvalue weighted by molar-refractivity contribution is 5.82. The first kappa shape index (κ1) is 16.5. The summed E-state index contributed by atoms with van der Waals surface area (Å²) >= 11 is 0. The number of carbonyl (C=O) groups excluding carboxylic acids is 1. The Morgan fingerprint density at radius 3 is 2.28 bits per heavy atom. The molecule has 0 heterocycles. The lowest BCUT2D eigenvalue weighted by atomic mass is 10.2. The van der Waals surface area contributed by atoms with Gasteiger partial charge in [0.1, 0.15) is 6.04 Å². The van der Waals surface area contributed by atoms with E-state index in [9.17, 15) is 27.2 Å². The van der Waals surface area contributed by atoms with Crippen molar-refractivity contribution >= 4 is 12.0 Å². The largest absolute Gasteiger partial charge is 0.480 e. The van der Waals surface area contributed by atoms with Crippen LogP contribution in [0.4, 0.5) is 22.4 Å². The van der Waals surface area contributed by atoms with Crippen molar-refractivity contribution in [1.82, 2.24) is 10.6 Å². The summed E-state index contributed by atoms with van der Waals surface area (Å²) in [6.07, 6.45) is -3.35. The molecule has 0 aromatic rings. The average Bonchev–Trinajstić information content (AvgIpc) is 2.25. The first-order chi connectivity index (χ1) is 8.20. The van der Waals surface area contributed by atoms with Crippen molar-refractivity contribution in [1.29, 1.82) is 0 Å². The van der Waals surface area contributed by atoms with Gasteiger partial charge in [0.25, 0.3) is 0 Å². The number of nitrogens with one attached hydrogen (secondary N) is 2. The van der Waals surface area contributed by atoms with E-state index in [0.717, 1.165) is 0 Å². The Kier molecular flexibility index (Phi) is 6.42. The van der Waals surface area contributed by atoms with Gasteiger partial charge < -0.3 is 15.7 Å². The average molecular weight is 274 g/mol. The quantitative estimate of drug-likeness (QED) is 0.615. The van der Waals surface area contributed by atoms with Crippen LogP contribution >= 0.6 is 0 Å². The van der Waals surface area contributed by atoms with Gasteiger partial charge in [-0.1, -0.05) is 13.3 Å². The van der Waals surface area contributed by atoms with Gasteiger partial charge in [-0.3, -0.25) is 0 Å². The minimum absolute atomic E-state index is 0.105. The molecular weight excluding hydrogens is 260 g/mol. The molecule has 0 radical (unpaired) electrons. The second-order valence-electron chi connectivity index (χ2n) is 3.57. The van der Waals surface area contributed by atoms with Crippen molar-refractivity contribution in [2.75, 3.05) is 6.54 Å². The molecule has 2 amide bonds. The van der Waals surface area contributed by atoms with Gasteiger partial charge in [-0.2, -0.15) is 8.78 Å². The second kappa shape index (κ2) is 7.02. The summed E-state index contributed by atoms with van der Waals surface area (Å²) in [5, 5.41) is 12.1. The summed E-state index contributed by atoms with van der Waals surface area (Å²) in [5.74, 6) is -5.67. The molecule has 0 aromatic heterocycles. The molecule has 18 heavy (non-hydrogen) atoms. The minimum atomic E-state index is -4.35. The van der Waals surface area contributed by atoms with Gasteiger partial charge in [0.05, 0.1) is 6.54 Å². The highest BCUT2D eigenvalue weighted by Gasteiger charge is 2.41. The van der Waals surface area contributed by atoms with Crippen LogP contribution in [0.25, 0.3) is 0 Å².